The molecule has 2 nitrogen and oxygen atoms in total. The van der Waals surface area contributed by atoms with Crippen molar-refractivity contribution < 1.29 is 17.7 Å². The first kappa shape index (κ1) is 14.2. The zero-order valence-electron chi connectivity index (χ0n) is 10.5. The highest BCUT2D eigenvalue weighted by atomic mass is 19.4. The van der Waals surface area contributed by atoms with Crippen LogP contribution in [0.3, 0.4) is 0 Å². The molecule has 0 saturated carbocycles. The molecule has 1 aromatic heterocycles. The van der Waals surface area contributed by atoms with E-state index in [1.807, 2.05) is 36.4 Å². The van der Waals surface area contributed by atoms with E-state index in [2.05, 4.69) is 4.98 Å². The summed E-state index contributed by atoms with van der Waals surface area (Å²) in [7, 11) is 0. The lowest BCUT2D eigenvalue weighted by atomic mass is 9.81. The highest BCUT2D eigenvalue weighted by Gasteiger charge is 2.26. The Hall–Kier alpha value is -2.24. The van der Waals surface area contributed by atoms with Crippen molar-refractivity contribution in [1.82, 2.24) is 4.98 Å². The summed E-state index contributed by atoms with van der Waals surface area (Å²) in [5.74, 6) is 0.111. The van der Waals surface area contributed by atoms with Crippen molar-refractivity contribution in [2.24, 2.45) is 0 Å². The van der Waals surface area contributed by atoms with Crippen LogP contribution < -0.4 is 10.2 Å². The van der Waals surface area contributed by atoms with Crippen LogP contribution in [0.4, 0.5) is 12.9 Å². The molecule has 2 rings (SSSR count). The van der Waals surface area contributed by atoms with E-state index in [1.54, 1.807) is 6.08 Å². The molecule has 0 saturated heterocycles. The third-order valence-corrected chi connectivity index (χ3v) is 2.57. The van der Waals surface area contributed by atoms with Gasteiger partial charge in [-0.15, -0.1) is 0 Å². The number of hydrogen-bond donors (Lipinski definition) is 0. The molecule has 0 aliphatic heterocycles. The highest BCUT2D eigenvalue weighted by Crippen LogP contribution is 2.13. The van der Waals surface area contributed by atoms with E-state index >= 15 is 0 Å². The maximum absolute atomic E-state index is 12.5. The number of hydrogen-bond acceptors (Lipinski definition) is 2. The van der Waals surface area contributed by atoms with Crippen molar-refractivity contribution in [1.29, 1.82) is 0 Å². The lowest BCUT2D eigenvalue weighted by Crippen LogP contribution is -2.34. The third-order valence-electron chi connectivity index (χ3n) is 2.57. The molecule has 104 valence electrons. The van der Waals surface area contributed by atoms with Crippen molar-refractivity contribution in [2.75, 3.05) is 6.61 Å². The molecular formula is C14H12BF3NO-. The van der Waals surface area contributed by atoms with Gasteiger partial charge >= 0.3 is 6.98 Å². The molecule has 20 heavy (non-hydrogen) atoms. The van der Waals surface area contributed by atoms with Crippen LogP contribution in [0, 0.1) is 0 Å². The number of nitrogens with zero attached hydrogens (tertiary/aromatic N) is 1. The minimum absolute atomic E-state index is 0.111. The first-order valence-corrected chi connectivity index (χ1v) is 6.05. The summed E-state index contributed by atoms with van der Waals surface area (Å²) in [5, 5.41) is 0. The van der Waals surface area contributed by atoms with Crippen molar-refractivity contribution in [3.63, 3.8) is 0 Å². The van der Waals surface area contributed by atoms with Gasteiger partial charge in [0.15, 0.2) is 0 Å². The minimum atomic E-state index is -5.05. The molecule has 6 heteroatoms. The Balaban J connectivity index is 1.93. The van der Waals surface area contributed by atoms with Gasteiger partial charge in [-0.1, -0.05) is 41.9 Å². The van der Waals surface area contributed by atoms with Gasteiger partial charge in [0.2, 0.25) is 0 Å². The van der Waals surface area contributed by atoms with Crippen molar-refractivity contribution >= 4 is 18.5 Å². The summed E-state index contributed by atoms with van der Waals surface area (Å²) in [5.41, 5.74) is 0.246. The number of ether oxygens (including phenoxy) is 1. The maximum atomic E-state index is 12.5. The Bertz CT molecular complexity index is 584. The van der Waals surface area contributed by atoms with Crippen LogP contribution in [-0.4, -0.2) is 18.6 Å². The van der Waals surface area contributed by atoms with E-state index in [9.17, 15) is 12.9 Å². The Labute approximate surface area is 115 Å². The predicted octanol–water partition coefficient (Wildman–Crippen LogP) is 3.23. The van der Waals surface area contributed by atoms with Crippen LogP contribution in [0.1, 0.15) is 5.56 Å². The molecular weight excluding hydrogens is 266 g/mol. The fraction of sp³-hybridized carbons (Fsp3) is 0.0714. The molecule has 0 aliphatic carbocycles. The van der Waals surface area contributed by atoms with Gasteiger partial charge < -0.3 is 17.7 Å². The zero-order chi connectivity index (χ0) is 14.4. The van der Waals surface area contributed by atoms with Gasteiger partial charge in [0, 0.05) is 6.20 Å². The normalized spacial score (nSPS) is 11.8. The van der Waals surface area contributed by atoms with Crippen LogP contribution in [0.15, 0.2) is 54.9 Å². The molecule has 0 bridgehead atoms. The summed E-state index contributed by atoms with van der Waals surface area (Å²) in [4.78, 5) is 3.53. The quantitative estimate of drug-likeness (QED) is 0.783. The lowest BCUT2D eigenvalue weighted by molar-refractivity contribution is 0.362. The highest BCUT2D eigenvalue weighted by molar-refractivity contribution is 6.73. The van der Waals surface area contributed by atoms with Gasteiger partial charge in [0.05, 0.1) is 6.20 Å². The minimum Gasteiger partial charge on any atom is -0.488 e. The van der Waals surface area contributed by atoms with Gasteiger partial charge in [0.25, 0.3) is 0 Å². The summed E-state index contributed by atoms with van der Waals surface area (Å²) in [6, 6.07) is 10.5. The van der Waals surface area contributed by atoms with Gasteiger partial charge in [-0.05, 0) is 17.7 Å². The van der Waals surface area contributed by atoms with E-state index in [0.717, 1.165) is 17.8 Å². The monoisotopic (exact) mass is 278 g/mol. The fourth-order valence-electron chi connectivity index (χ4n) is 1.59. The summed E-state index contributed by atoms with van der Waals surface area (Å²) in [6.45, 7) is -4.86. The summed E-state index contributed by atoms with van der Waals surface area (Å²) < 4.78 is 42.8. The lowest BCUT2D eigenvalue weighted by Gasteiger charge is -2.14. The number of rotatable bonds is 5. The Morgan fingerprint density at radius 2 is 1.85 bits per heavy atom. The second-order valence-corrected chi connectivity index (χ2v) is 4.15. The van der Waals surface area contributed by atoms with Gasteiger partial charge in [0.1, 0.15) is 12.4 Å². The largest absolute Gasteiger partial charge is 0.511 e. The van der Waals surface area contributed by atoms with Gasteiger partial charge in [-0.3, -0.25) is 4.98 Å². The van der Waals surface area contributed by atoms with Crippen LogP contribution in [0.25, 0.3) is 6.08 Å². The Kier molecular flexibility index (Phi) is 4.45. The number of benzene rings is 1. The predicted molar refractivity (Wildman–Crippen MR) is 73.9 cm³/mol. The smallest absolute Gasteiger partial charge is 0.488 e. The zero-order valence-corrected chi connectivity index (χ0v) is 10.5. The van der Waals surface area contributed by atoms with E-state index in [-0.39, 0.29) is 12.4 Å². The van der Waals surface area contributed by atoms with Gasteiger partial charge in [-0.25, -0.2) is 0 Å². The van der Waals surface area contributed by atoms with Crippen molar-refractivity contribution in [2.45, 2.75) is 0 Å². The van der Waals surface area contributed by atoms with Crippen molar-refractivity contribution in [3.8, 4) is 5.75 Å². The Morgan fingerprint density at radius 1 is 1.10 bits per heavy atom. The average molecular weight is 278 g/mol. The molecule has 1 aromatic carbocycles. The third kappa shape index (κ3) is 4.15. The maximum Gasteiger partial charge on any atom is 0.511 e. The molecule has 0 fully saturated rings. The van der Waals surface area contributed by atoms with E-state index in [1.165, 1.54) is 6.20 Å². The standard InChI is InChI=1S/C14H12BF3NO/c16-15(17,18)13-9-14(11-19-10-13)20-8-4-7-12-5-2-1-3-6-12/h1-7,9-11H,8H2/q-1. The first-order valence-electron chi connectivity index (χ1n) is 6.05. The molecule has 0 aliphatic rings. The Morgan fingerprint density at radius 3 is 2.55 bits per heavy atom. The van der Waals surface area contributed by atoms with Crippen LogP contribution >= 0.6 is 0 Å². The molecule has 0 unspecified atom stereocenters. The molecule has 0 radical (unpaired) electrons. The van der Waals surface area contributed by atoms with Crippen LogP contribution in [-0.2, 0) is 0 Å². The molecule has 0 amide bonds. The van der Waals surface area contributed by atoms with E-state index < -0.39 is 12.4 Å². The van der Waals surface area contributed by atoms with Gasteiger partial charge in [-0.2, -0.15) is 0 Å². The number of aromatic nitrogens is 1. The molecule has 1 heterocycles. The van der Waals surface area contributed by atoms with E-state index in [4.69, 9.17) is 4.74 Å². The first-order chi connectivity index (χ1) is 9.55. The molecule has 0 N–H and O–H groups in total. The van der Waals surface area contributed by atoms with Crippen molar-refractivity contribution in [3.05, 3.63) is 60.4 Å². The van der Waals surface area contributed by atoms with Crippen LogP contribution in [0.5, 0.6) is 5.75 Å². The number of pyridine rings is 1. The summed E-state index contributed by atoms with van der Waals surface area (Å²) >= 11 is 0. The molecule has 0 spiro atoms. The SMILES string of the molecule is F[B-](F)(F)c1cncc(OCC=Cc2ccccc2)c1. The number of halogens is 3. The van der Waals surface area contributed by atoms with Crippen LogP contribution in [0.2, 0.25) is 0 Å². The fourth-order valence-corrected chi connectivity index (χ4v) is 1.59. The molecule has 0 atom stereocenters. The second-order valence-electron chi connectivity index (χ2n) is 4.15. The topological polar surface area (TPSA) is 22.1 Å². The second kappa shape index (κ2) is 6.28. The summed E-state index contributed by atoms with van der Waals surface area (Å²) in [6.07, 6.45) is 5.64. The average Bonchev–Trinajstić information content (AvgIpc) is 2.44. The van der Waals surface area contributed by atoms with E-state index in [0.29, 0.717) is 0 Å². The molecule has 2 aromatic rings.